The van der Waals surface area contributed by atoms with Gasteiger partial charge in [0.1, 0.15) is 0 Å². The van der Waals surface area contributed by atoms with Crippen LogP contribution >= 0.6 is 45.8 Å². The molecule has 1 aliphatic rings. The highest BCUT2D eigenvalue weighted by molar-refractivity contribution is 14.1. The predicted octanol–water partition coefficient (Wildman–Crippen LogP) is 3.08. The highest BCUT2D eigenvalue weighted by Crippen LogP contribution is 2.28. The third kappa shape index (κ3) is 6.51. The molecule has 0 N–H and O–H groups in total. The van der Waals surface area contributed by atoms with Crippen molar-refractivity contribution in [3.63, 3.8) is 0 Å². The Balaban J connectivity index is 1.95. The van der Waals surface area contributed by atoms with Gasteiger partial charge in [-0.3, -0.25) is 0 Å². The molecule has 0 saturated heterocycles. The average molecular weight is 367 g/mol. The van der Waals surface area contributed by atoms with Gasteiger partial charge in [-0.05, 0) is 18.8 Å². The van der Waals surface area contributed by atoms with Crippen LogP contribution in [0.15, 0.2) is 0 Å². The van der Waals surface area contributed by atoms with Gasteiger partial charge in [0.2, 0.25) is 0 Å². The zero-order valence-electron chi connectivity index (χ0n) is 8.63. The Labute approximate surface area is 115 Å². The van der Waals surface area contributed by atoms with Gasteiger partial charge < -0.3 is 9.47 Å². The molecule has 0 aromatic rings. The van der Waals surface area contributed by atoms with E-state index >= 15 is 0 Å². The fourth-order valence-electron chi connectivity index (χ4n) is 1.14. The topological polar surface area (TPSA) is 18.5 Å². The number of hydrogen-bond donors (Lipinski definition) is 0. The van der Waals surface area contributed by atoms with Crippen LogP contribution in [0.1, 0.15) is 12.8 Å². The van der Waals surface area contributed by atoms with Crippen molar-refractivity contribution in [3.05, 3.63) is 0 Å². The summed E-state index contributed by atoms with van der Waals surface area (Å²) in [5.74, 6) is 1.87. The van der Waals surface area contributed by atoms with E-state index in [9.17, 15) is 0 Å². The summed E-state index contributed by atoms with van der Waals surface area (Å²) in [6.45, 7) is 2.16. The Morgan fingerprint density at radius 2 is 1.93 bits per heavy atom. The first-order valence-corrected chi connectivity index (χ1v) is 7.54. The lowest BCUT2D eigenvalue weighted by Crippen LogP contribution is -2.28. The second-order valence-electron chi connectivity index (χ2n) is 3.75. The van der Waals surface area contributed by atoms with Crippen LogP contribution in [0.2, 0.25) is 0 Å². The lowest BCUT2D eigenvalue weighted by Gasteiger charge is -2.19. The van der Waals surface area contributed by atoms with E-state index in [-0.39, 0.29) is 10.0 Å². The summed E-state index contributed by atoms with van der Waals surface area (Å²) >= 11 is 13.8. The largest absolute Gasteiger partial charge is 0.379 e. The van der Waals surface area contributed by atoms with Crippen molar-refractivity contribution in [2.24, 2.45) is 5.92 Å². The van der Waals surface area contributed by atoms with Crippen LogP contribution in [-0.2, 0) is 9.47 Å². The Bertz CT molecular complexity index is 168. The number of alkyl halides is 3. The minimum Gasteiger partial charge on any atom is -0.379 e. The number of ether oxygens (including phenoxy) is 2. The molecule has 1 aliphatic carbocycles. The minimum absolute atomic E-state index is 0.0364. The van der Waals surface area contributed by atoms with Crippen LogP contribution in [-0.4, -0.2) is 41.6 Å². The highest BCUT2D eigenvalue weighted by Gasteiger charge is 2.21. The average Bonchev–Trinajstić information content (AvgIpc) is 3.06. The van der Waals surface area contributed by atoms with Gasteiger partial charge in [-0.15, -0.1) is 23.2 Å². The van der Waals surface area contributed by atoms with E-state index in [1.807, 2.05) is 0 Å². The van der Waals surface area contributed by atoms with E-state index < -0.39 is 0 Å². The van der Waals surface area contributed by atoms with Crippen molar-refractivity contribution < 1.29 is 9.47 Å². The third-order valence-electron chi connectivity index (χ3n) is 2.31. The Morgan fingerprint density at radius 1 is 1.20 bits per heavy atom. The maximum Gasteiger partial charge on any atom is 0.0840 e. The highest BCUT2D eigenvalue weighted by atomic mass is 127. The molecule has 0 amide bonds. The molecule has 1 rings (SSSR count). The van der Waals surface area contributed by atoms with E-state index in [1.54, 1.807) is 0 Å². The SMILES string of the molecule is ClCC(I)C(CCl)OCCOCC1CC1. The molecule has 2 unspecified atom stereocenters. The molecular weight excluding hydrogens is 350 g/mol. The number of halogens is 3. The van der Waals surface area contributed by atoms with Gasteiger partial charge in [0.15, 0.2) is 0 Å². The maximum atomic E-state index is 5.79. The van der Waals surface area contributed by atoms with Crippen LogP contribution in [0.4, 0.5) is 0 Å². The summed E-state index contributed by atoms with van der Waals surface area (Å²) in [6, 6.07) is 0. The van der Waals surface area contributed by atoms with Gasteiger partial charge >= 0.3 is 0 Å². The Morgan fingerprint density at radius 3 is 2.47 bits per heavy atom. The van der Waals surface area contributed by atoms with E-state index in [0.29, 0.717) is 25.0 Å². The van der Waals surface area contributed by atoms with Crippen LogP contribution < -0.4 is 0 Å². The second kappa shape index (κ2) is 8.34. The first-order valence-electron chi connectivity index (χ1n) is 5.23. The van der Waals surface area contributed by atoms with Crippen molar-refractivity contribution in [1.82, 2.24) is 0 Å². The molecule has 1 saturated carbocycles. The first kappa shape index (κ1) is 14.3. The van der Waals surface area contributed by atoms with Gasteiger partial charge in [-0.1, -0.05) is 22.6 Å². The third-order valence-corrected chi connectivity index (χ3v) is 4.71. The summed E-state index contributed by atoms with van der Waals surface area (Å²) in [7, 11) is 0. The minimum atomic E-state index is 0.0364. The molecule has 0 heterocycles. The second-order valence-corrected chi connectivity index (χ2v) is 5.97. The molecule has 90 valence electrons. The molecule has 0 aliphatic heterocycles. The molecule has 2 nitrogen and oxygen atoms in total. The molecule has 2 atom stereocenters. The van der Waals surface area contributed by atoms with Gasteiger partial charge in [-0.2, -0.15) is 0 Å². The lowest BCUT2D eigenvalue weighted by atomic mass is 10.3. The van der Waals surface area contributed by atoms with E-state index in [4.69, 9.17) is 32.7 Å². The van der Waals surface area contributed by atoms with E-state index in [2.05, 4.69) is 22.6 Å². The standard InChI is InChI=1S/C10H17Cl2IO2/c11-5-9(13)10(6-12)15-4-3-14-7-8-1-2-8/h8-10H,1-7H2. The quantitative estimate of drug-likeness (QED) is 0.354. The summed E-state index contributed by atoms with van der Waals surface area (Å²) in [5.41, 5.74) is 0. The van der Waals surface area contributed by atoms with Gasteiger partial charge in [-0.25, -0.2) is 0 Å². The summed E-state index contributed by atoms with van der Waals surface area (Å²) in [6.07, 6.45) is 2.69. The molecule has 0 radical (unpaired) electrons. The zero-order chi connectivity index (χ0) is 11.1. The van der Waals surface area contributed by atoms with Crippen LogP contribution in [0.5, 0.6) is 0 Å². The molecule has 0 spiro atoms. The molecule has 0 aromatic heterocycles. The Hall–Kier alpha value is 1.23. The molecule has 15 heavy (non-hydrogen) atoms. The molecule has 5 heteroatoms. The van der Waals surface area contributed by atoms with Crippen molar-refractivity contribution in [1.29, 1.82) is 0 Å². The number of hydrogen-bond acceptors (Lipinski definition) is 2. The van der Waals surface area contributed by atoms with Crippen molar-refractivity contribution >= 4 is 45.8 Å². The van der Waals surface area contributed by atoms with E-state index in [0.717, 1.165) is 12.5 Å². The first-order chi connectivity index (χ1) is 7.27. The van der Waals surface area contributed by atoms with Crippen molar-refractivity contribution in [2.45, 2.75) is 22.9 Å². The van der Waals surface area contributed by atoms with Gasteiger partial charge in [0, 0.05) is 18.4 Å². The maximum absolute atomic E-state index is 5.79. The van der Waals surface area contributed by atoms with E-state index in [1.165, 1.54) is 12.8 Å². The van der Waals surface area contributed by atoms with Gasteiger partial charge in [0.25, 0.3) is 0 Å². The normalized spacial score (nSPS) is 20.2. The number of rotatable bonds is 9. The van der Waals surface area contributed by atoms with Crippen molar-refractivity contribution in [3.8, 4) is 0 Å². The molecule has 0 aromatic carbocycles. The molecule has 1 fully saturated rings. The molecule has 0 bridgehead atoms. The lowest BCUT2D eigenvalue weighted by molar-refractivity contribution is 0.0138. The van der Waals surface area contributed by atoms with Crippen LogP contribution in [0.25, 0.3) is 0 Å². The van der Waals surface area contributed by atoms with Crippen LogP contribution in [0.3, 0.4) is 0 Å². The smallest absolute Gasteiger partial charge is 0.0840 e. The predicted molar refractivity (Wildman–Crippen MR) is 72.5 cm³/mol. The summed E-state index contributed by atoms with van der Waals surface area (Å²) < 4.78 is 11.3. The fourth-order valence-corrected chi connectivity index (χ4v) is 2.40. The monoisotopic (exact) mass is 366 g/mol. The zero-order valence-corrected chi connectivity index (χ0v) is 12.3. The van der Waals surface area contributed by atoms with Crippen molar-refractivity contribution in [2.75, 3.05) is 31.6 Å². The van der Waals surface area contributed by atoms with Gasteiger partial charge in [0.05, 0.1) is 23.2 Å². The fraction of sp³-hybridized carbons (Fsp3) is 1.00. The summed E-state index contributed by atoms with van der Waals surface area (Å²) in [5, 5.41) is 0. The Kier molecular flexibility index (Phi) is 7.95. The summed E-state index contributed by atoms with van der Waals surface area (Å²) in [4.78, 5) is 0. The molecular formula is C10H17Cl2IO2. The van der Waals surface area contributed by atoms with Crippen LogP contribution in [0, 0.1) is 5.92 Å².